The molecule has 0 radical (unpaired) electrons. The van der Waals surface area contributed by atoms with E-state index in [1.54, 1.807) is 17.5 Å². The van der Waals surface area contributed by atoms with E-state index in [0.29, 0.717) is 12.6 Å². The number of likely N-dealkylation sites (tertiary alicyclic amines) is 1. The Kier molecular flexibility index (Phi) is 4.65. The van der Waals surface area contributed by atoms with Gasteiger partial charge in [0.1, 0.15) is 5.01 Å². The number of aromatic nitrogens is 1. The predicted octanol–water partition coefficient (Wildman–Crippen LogP) is 0.976. The van der Waals surface area contributed by atoms with E-state index in [1.165, 1.54) is 0 Å². The summed E-state index contributed by atoms with van der Waals surface area (Å²) in [6, 6.07) is 0.646. The Labute approximate surface area is 123 Å². The molecular formula is C14H22N4OS. The van der Waals surface area contributed by atoms with Crippen LogP contribution in [0, 0.1) is 0 Å². The van der Waals surface area contributed by atoms with E-state index in [-0.39, 0.29) is 11.9 Å². The van der Waals surface area contributed by atoms with E-state index in [2.05, 4.69) is 20.5 Å². The normalized spacial score (nSPS) is 24.9. The van der Waals surface area contributed by atoms with E-state index in [9.17, 15) is 4.79 Å². The number of carbonyl (C=O) groups is 1. The van der Waals surface area contributed by atoms with Crippen LogP contribution in [0.5, 0.6) is 0 Å². The number of nitrogens with one attached hydrogen (secondary N) is 2. The minimum Gasteiger partial charge on any atom is -0.348 e. The zero-order chi connectivity index (χ0) is 13.8. The fourth-order valence-corrected chi connectivity index (χ4v) is 3.82. The summed E-state index contributed by atoms with van der Waals surface area (Å²) in [4.78, 5) is 19.0. The maximum absolute atomic E-state index is 12.4. The summed E-state index contributed by atoms with van der Waals surface area (Å²) >= 11 is 1.59. The molecule has 0 aromatic carbocycles. The van der Waals surface area contributed by atoms with Crippen LogP contribution >= 0.6 is 11.3 Å². The second-order valence-corrected chi connectivity index (χ2v) is 6.50. The molecule has 1 aromatic rings. The third-order valence-electron chi connectivity index (χ3n) is 4.27. The molecule has 20 heavy (non-hydrogen) atoms. The lowest BCUT2D eigenvalue weighted by Gasteiger charge is -2.35. The van der Waals surface area contributed by atoms with Crippen molar-refractivity contribution in [2.75, 3.05) is 19.6 Å². The predicted molar refractivity (Wildman–Crippen MR) is 79.6 cm³/mol. The topological polar surface area (TPSA) is 57.3 Å². The monoisotopic (exact) mass is 294 g/mol. The van der Waals surface area contributed by atoms with Crippen LogP contribution in [0.2, 0.25) is 0 Å². The molecule has 1 amide bonds. The molecule has 110 valence electrons. The fraction of sp³-hybridized carbons (Fsp3) is 0.714. The van der Waals surface area contributed by atoms with Gasteiger partial charge in [-0.2, -0.15) is 0 Å². The van der Waals surface area contributed by atoms with Gasteiger partial charge in [0.25, 0.3) is 0 Å². The minimum absolute atomic E-state index is 0.0677. The number of rotatable bonds is 4. The molecule has 3 heterocycles. The van der Waals surface area contributed by atoms with Crippen molar-refractivity contribution >= 4 is 17.2 Å². The van der Waals surface area contributed by atoms with E-state index >= 15 is 0 Å². The Bertz CT molecular complexity index is 430. The van der Waals surface area contributed by atoms with E-state index < -0.39 is 0 Å². The highest BCUT2D eigenvalue weighted by Gasteiger charge is 2.35. The van der Waals surface area contributed by atoms with E-state index in [1.807, 2.05) is 5.38 Å². The summed E-state index contributed by atoms with van der Waals surface area (Å²) in [6.07, 6.45) is 6.24. The molecule has 2 aliphatic heterocycles. The fourth-order valence-electron chi connectivity index (χ4n) is 3.27. The first kappa shape index (κ1) is 14.0. The van der Waals surface area contributed by atoms with E-state index in [0.717, 1.165) is 50.3 Å². The van der Waals surface area contributed by atoms with Gasteiger partial charge in [0.15, 0.2) is 0 Å². The van der Waals surface area contributed by atoms with Crippen LogP contribution in [-0.4, -0.2) is 47.5 Å². The Morgan fingerprint density at radius 2 is 2.30 bits per heavy atom. The maximum atomic E-state index is 12.4. The number of piperidine rings is 1. The average Bonchev–Trinajstić information content (AvgIpc) is 3.17. The lowest BCUT2D eigenvalue weighted by atomic mass is 10.0. The summed E-state index contributed by atoms with van der Waals surface area (Å²) < 4.78 is 0. The molecule has 0 aliphatic carbocycles. The first-order chi connectivity index (χ1) is 9.84. The molecule has 3 rings (SSSR count). The van der Waals surface area contributed by atoms with Gasteiger partial charge in [-0.15, -0.1) is 11.3 Å². The van der Waals surface area contributed by atoms with Crippen molar-refractivity contribution in [2.24, 2.45) is 0 Å². The largest absolute Gasteiger partial charge is 0.348 e. The summed E-state index contributed by atoms with van der Waals surface area (Å²) in [5.74, 6) is 0.177. The minimum atomic E-state index is 0.0677. The number of nitrogens with zero attached hydrogens (tertiary/aromatic N) is 2. The van der Waals surface area contributed by atoms with Gasteiger partial charge in [-0.1, -0.05) is 0 Å². The zero-order valence-electron chi connectivity index (χ0n) is 11.7. The van der Waals surface area contributed by atoms with Crippen molar-refractivity contribution in [3.8, 4) is 0 Å². The van der Waals surface area contributed by atoms with Gasteiger partial charge in [0.05, 0.1) is 12.6 Å². The molecular weight excluding hydrogens is 272 g/mol. The number of thiazole rings is 1. The van der Waals surface area contributed by atoms with Crippen molar-refractivity contribution in [1.82, 2.24) is 20.5 Å². The molecule has 0 spiro atoms. The quantitative estimate of drug-likeness (QED) is 0.869. The zero-order valence-corrected chi connectivity index (χ0v) is 12.5. The highest BCUT2D eigenvalue weighted by Crippen LogP contribution is 2.24. The van der Waals surface area contributed by atoms with Gasteiger partial charge >= 0.3 is 0 Å². The Hall–Kier alpha value is -0.980. The van der Waals surface area contributed by atoms with Gasteiger partial charge in [-0.3, -0.25) is 9.69 Å². The number of carbonyl (C=O) groups excluding carboxylic acids is 1. The van der Waals surface area contributed by atoms with Gasteiger partial charge in [-0.05, 0) is 45.3 Å². The Morgan fingerprint density at radius 3 is 3.05 bits per heavy atom. The Morgan fingerprint density at radius 1 is 1.45 bits per heavy atom. The molecule has 1 aromatic heterocycles. The molecule has 2 saturated heterocycles. The lowest BCUT2D eigenvalue weighted by Crippen LogP contribution is -2.50. The van der Waals surface area contributed by atoms with Gasteiger partial charge in [-0.25, -0.2) is 4.98 Å². The molecule has 0 saturated carbocycles. The van der Waals surface area contributed by atoms with Crippen molar-refractivity contribution in [3.63, 3.8) is 0 Å². The summed E-state index contributed by atoms with van der Waals surface area (Å²) in [5.41, 5.74) is 0. The van der Waals surface area contributed by atoms with Crippen LogP contribution in [0.15, 0.2) is 11.6 Å². The van der Waals surface area contributed by atoms with Crippen LogP contribution in [-0.2, 0) is 11.3 Å². The van der Waals surface area contributed by atoms with Crippen LogP contribution in [0.3, 0.4) is 0 Å². The molecule has 0 bridgehead atoms. The van der Waals surface area contributed by atoms with Crippen LogP contribution in [0.4, 0.5) is 0 Å². The summed E-state index contributed by atoms with van der Waals surface area (Å²) in [7, 11) is 0. The standard InChI is InChI=1S/C14H22N4OS/c19-14(17-10-13-16-7-9-20-13)12-2-1-8-18(12)11-3-5-15-6-4-11/h7,9,11-12,15H,1-6,8,10H2,(H,17,19). The summed E-state index contributed by atoms with van der Waals surface area (Å²) in [6.45, 7) is 3.79. The van der Waals surface area contributed by atoms with Gasteiger partial charge in [0.2, 0.25) is 5.91 Å². The maximum Gasteiger partial charge on any atom is 0.237 e. The highest BCUT2D eigenvalue weighted by molar-refractivity contribution is 7.09. The van der Waals surface area contributed by atoms with Crippen molar-refractivity contribution in [1.29, 1.82) is 0 Å². The molecule has 6 heteroatoms. The summed E-state index contributed by atoms with van der Waals surface area (Å²) in [5, 5.41) is 9.36. The van der Waals surface area contributed by atoms with E-state index in [4.69, 9.17) is 0 Å². The first-order valence-electron chi connectivity index (χ1n) is 7.47. The number of hydrogen-bond donors (Lipinski definition) is 2. The van der Waals surface area contributed by atoms with Crippen molar-refractivity contribution in [3.05, 3.63) is 16.6 Å². The third kappa shape index (κ3) is 3.19. The number of hydrogen-bond acceptors (Lipinski definition) is 5. The molecule has 2 N–H and O–H groups in total. The smallest absolute Gasteiger partial charge is 0.237 e. The molecule has 1 unspecified atom stereocenters. The molecule has 5 nitrogen and oxygen atoms in total. The second-order valence-electron chi connectivity index (χ2n) is 5.52. The SMILES string of the molecule is O=C(NCc1nccs1)C1CCCN1C1CCNCC1. The molecule has 2 aliphatic rings. The van der Waals surface area contributed by atoms with Gasteiger partial charge < -0.3 is 10.6 Å². The van der Waals surface area contributed by atoms with Crippen LogP contribution in [0.1, 0.15) is 30.7 Å². The van der Waals surface area contributed by atoms with Crippen LogP contribution in [0.25, 0.3) is 0 Å². The second kappa shape index (κ2) is 6.65. The Balaban J connectivity index is 1.55. The first-order valence-corrected chi connectivity index (χ1v) is 8.35. The van der Waals surface area contributed by atoms with Gasteiger partial charge in [0, 0.05) is 17.6 Å². The van der Waals surface area contributed by atoms with Crippen LogP contribution < -0.4 is 10.6 Å². The molecule has 1 atom stereocenters. The molecule has 2 fully saturated rings. The average molecular weight is 294 g/mol. The van der Waals surface area contributed by atoms with Crippen molar-refractivity contribution < 1.29 is 4.79 Å². The third-order valence-corrected chi connectivity index (χ3v) is 5.05. The lowest BCUT2D eigenvalue weighted by molar-refractivity contribution is -0.126. The van der Waals surface area contributed by atoms with Crippen molar-refractivity contribution in [2.45, 2.75) is 44.3 Å². The number of amides is 1. The highest BCUT2D eigenvalue weighted by atomic mass is 32.1.